The first-order valence-electron chi connectivity index (χ1n) is 7.24. The zero-order chi connectivity index (χ0) is 12.3. The summed E-state index contributed by atoms with van der Waals surface area (Å²) in [6.45, 7) is 10.8. The van der Waals surface area contributed by atoms with Gasteiger partial charge in [-0.2, -0.15) is 11.8 Å². The van der Waals surface area contributed by atoms with Gasteiger partial charge in [0.05, 0.1) is 0 Å². The van der Waals surface area contributed by atoms with Crippen LogP contribution in [0.25, 0.3) is 0 Å². The number of nitrogens with zero attached hydrogens (tertiary/aromatic N) is 1. The molecule has 17 heavy (non-hydrogen) atoms. The summed E-state index contributed by atoms with van der Waals surface area (Å²) in [6.07, 6.45) is 5.49. The summed E-state index contributed by atoms with van der Waals surface area (Å²) in [4.78, 5) is 2.73. The molecule has 0 amide bonds. The van der Waals surface area contributed by atoms with Crippen LogP contribution in [-0.4, -0.2) is 47.1 Å². The van der Waals surface area contributed by atoms with E-state index in [0.29, 0.717) is 4.75 Å². The molecule has 2 aliphatic heterocycles. The number of likely N-dealkylation sites (tertiary alicyclic amines) is 1. The Labute approximate surface area is 111 Å². The lowest BCUT2D eigenvalue weighted by atomic mass is 9.95. The molecular formula is C14H28N2S. The molecule has 100 valence electrons. The second-order valence-corrected chi connectivity index (χ2v) is 7.68. The van der Waals surface area contributed by atoms with Crippen molar-refractivity contribution in [3.05, 3.63) is 0 Å². The quantitative estimate of drug-likeness (QED) is 0.832. The summed E-state index contributed by atoms with van der Waals surface area (Å²) in [6, 6.07) is 1.51. The first-order chi connectivity index (χ1) is 8.13. The molecule has 2 fully saturated rings. The average Bonchev–Trinajstić information content (AvgIpc) is 2.70. The number of hydrogen-bond donors (Lipinski definition) is 1. The molecule has 0 aliphatic carbocycles. The van der Waals surface area contributed by atoms with E-state index in [1.54, 1.807) is 0 Å². The summed E-state index contributed by atoms with van der Waals surface area (Å²) in [5.74, 6) is 1.37. The molecule has 0 aromatic rings. The summed E-state index contributed by atoms with van der Waals surface area (Å²) < 4.78 is 0.541. The predicted octanol–water partition coefficient (Wildman–Crippen LogP) is 2.73. The van der Waals surface area contributed by atoms with E-state index in [0.717, 1.165) is 18.6 Å². The number of rotatable bonds is 4. The van der Waals surface area contributed by atoms with Crippen LogP contribution in [0.1, 0.15) is 46.5 Å². The third-order valence-corrected chi connectivity index (χ3v) is 5.87. The normalized spacial score (nSPS) is 39.7. The van der Waals surface area contributed by atoms with Crippen LogP contribution >= 0.6 is 11.8 Å². The van der Waals surface area contributed by atoms with Gasteiger partial charge in [0.15, 0.2) is 0 Å². The fraction of sp³-hybridized carbons (Fsp3) is 1.00. The van der Waals surface area contributed by atoms with Crippen LogP contribution in [0.4, 0.5) is 0 Å². The maximum absolute atomic E-state index is 3.61. The number of nitrogens with one attached hydrogen (secondary N) is 1. The van der Waals surface area contributed by atoms with Crippen molar-refractivity contribution in [2.45, 2.75) is 63.3 Å². The van der Waals surface area contributed by atoms with E-state index in [-0.39, 0.29) is 0 Å². The first-order valence-corrected chi connectivity index (χ1v) is 8.23. The zero-order valence-corrected chi connectivity index (χ0v) is 12.5. The van der Waals surface area contributed by atoms with Gasteiger partial charge in [0.25, 0.3) is 0 Å². The minimum Gasteiger partial charge on any atom is -0.314 e. The molecule has 0 aromatic heterocycles. The number of piperidine rings is 1. The van der Waals surface area contributed by atoms with Crippen LogP contribution in [-0.2, 0) is 0 Å². The van der Waals surface area contributed by atoms with Gasteiger partial charge in [0.2, 0.25) is 0 Å². The fourth-order valence-electron chi connectivity index (χ4n) is 3.32. The van der Waals surface area contributed by atoms with Crippen molar-refractivity contribution in [1.29, 1.82) is 0 Å². The largest absolute Gasteiger partial charge is 0.314 e. The smallest absolute Gasteiger partial charge is 0.0259 e. The van der Waals surface area contributed by atoms with Gasteiger partial charge in [0.1, 0.15) is 0 Å². The Kier molecular flexibility index (Phi) is 4.79. The minimum absolute atomic E-state index is 0.541. The minimum atomic E-state index is 0.541. The molecule has 1 N–H and O–H groups in total. The molecule has 2 saturated heterocycles. The lowest BCUT2D eigenvalue weighted by Gasteiger charge is -2.41. The van der Waals surface area contributed by atoms with Crippen molar-refractivity contribution in [2.24, 2.45) is 0 Å². The maximum atomic E-state index is 3.61. The van der Waals surface area contributed by atoms with E-state index in [2.05, 4.69) is 42.7 Å². The Morgan fingerprint density at radius 1 is 1.47 bits per heavy atom. The highest BCUT2D eigenvalue weighted by atomic mass is 32.2. The van der Waals surface area contributed by atoms with Gasteiger partial charge in [-0.25, -0.2) is 0 Å². The van der Waals surface area contributed by atoms with Crippen LogP contribution < -0.4 is 5.32 Å². The highest BCUT2D eigenvalue weighted by molar-refractivity contribution is 8.00. The van der Waals surface area contributed by atoms with Crippen molar-refractivity contribution in [2.75, 3.05) is 25.4 Å². The van der Waals surface area contributed by atoms with Crippen molar-refractivity contribution < 1.29 is 0 Å². The van der Waals surface area contributed by atoms with Crippen molar-refractivity contribution in [1.82, 2.24) is 10.2 Å². The zero-order valence-electron chi connectivity index (χ0n) is 11.7. The number of thioether (sulfide) groups is 1. The van der Waals surface area contributed by atoms with Crippen LogP contribution in [0.3, 0.4) is 0 Å². The van der Waals surface area contributed by atoms with Gasteiger partial charge in [-0.05, 0) is 58.4 Å². The molecule has 0 saturated carbocycles. The molecule has 2 nitrogen and oxygen atoms in total. The molecule has 2 heterocycles. The Balaban J connectivity index is 1.82. The second-order valence-electron chi connectivity index (χ2n) is 6.00. The summed E-state index contributed by atoms with van der Waals surface area (Å²) >= 11 is 2.19. The van der Waals surface area contributed by atoms with Gasteiger partial charge in [-0.15, -0.1) is 0 Å². The Bertz CT molecular complexity index is 238. The average molecular weight is 256 g/mol. The third-order valence-electron chi connectivity index (χ3n) is 4.34. The number of hydrogen-bond acceptors (Lipinski definition) is 3. The molecule has 3 unspecified atom stereocenters. The molecule has 0 aromatic carbocycles. The van der Waals surface area contributed by atoms with Crippen molar-refractivity contribution >= 4 is 11.8 Å². The topological polar surface area (TPSA) is 15.3 Å². The third kappa shape index (κ3) is 3.62. The molecule has 0 radical (unpaired) electrons. The molecule has 3 atom stereocenters. The van der Waals surface area contributed by atoms with E-state index in [1.165, 1.54) is 44.5 Å². The van der Waals surface area contributed by atoms with E-state index >= 15 is 0 Å². The standard InChI is InChI=1S/C14H28N2S/c1-4-15-13-6-8-16(12(2)10-13)11-14(3)7-5-9-17-14/h12-13,15H,4-11H2,1-3H3. The van der Waals surface area contributed by atoms with Gasteiger partial charge in [-0.1, -0.05) is 6.92 Å². The predicted molar refractivity (Wildman–Crippen MR) is 77.8 cm³/mol. The highest BCUT2D eigenvalue weighted by Crippen LogP contribution is 2.39. The van der Waals surface area contributed by atoms with Crippen LogP contribution in [0, 0.1) is 0 Å². The van der Waals surface area contributed by atoms with E-state index in [4.69, 9.17) is 0 Å². The van der Waals surface area contributed by atoms with Crippen LogP contribution in [0.2, 0.25) is 0 Å². The molecular weight excluding hydrogens is 228 g/mol. The first kappa shape index (κ1) is 13.7. The Hall–Kier alpha value is 0.270. The summed E-state index contributed by atoms with van der Waals surface area (Å²) in [5, 5.41) is 3.61. The monoisotopic (exact) mass is 256 g/mol. The highest BCUT2D eigenvalue weighted by Gasteiger charge is 2.34. The Morgan fingerprint density at radius 3 is 2.88 bits per heavy atom. The van der Waals surface area contributed by atoms with E-state index in [1.807, 2.05) is 0 Å². The molecule has 0 bridgehead atoms. The molecule has 0 spiro atoms. The summed E-state index contributed by atoms with van der Waals surface area (Å²) in [7, 11) is 0. The molecule has 2 rings (SSSR count). The van der Waals surface area contributed by atoms with Gasteiger partial charge < -0.3 is 5.32 Å². The Morgan fingerprint density at radius 2 is 2.29 bits per heavy atom. The fourth-order valence-corrected chi connectivity index (χ4v) is 4.65. The van der Waals surface area contributed by atoms with E-state index in [9.17, 15) is 0 Å². The lowest BCUT2D eigenvalue weighted by molar-refractivity contribution is 0.125. The molecule has 2 aliphatic rings. The second kappa shape index (κ2) is 5.94. The summed E-state index contributed by atoms with van der Waals surface area (Å²) in [5.41, 5.74) is 0. The van der Waals surface area contributed by atoms with Crippen molar-refractivity contribution in [3.63, 3.8) is 0 Å². The molecule has 3 heteroatoms. The van der Waals surface area contributed by atoms with Crippen LogP contribution in [0.15, 0.2) is 0 Å². The maximum Gasteiger partial charge on any atom is 0.0259 e. The van der Waals surface area contributed by atoms with E-state index < -0.39 is 0 Å². The lowest BCUT2D eigenvalue weighted by Crippen LogP contribution is -2.50. The van der Waals surface area contributed by atoms with Gasteiger partial charge in [0, 0.05) is 23.4 Å². The van der Waals surface area contributed by atoms with Gasteiger partial charge in [-0.3, -0.25) is 4.90 Å². The SMILES string of the molecule is CCNC1CCN(CC2(C)CCCS2)C(C)C1. The van der Waals surface area contributed by atoms with Crippen LogP contribution in [0.5, 0.6) is 0 Å². The van der Waals surface area contributed by atoms with Gasteiger partial charge >= 0.3 is 0 Å². The van der Waals surface area contributed by atoms with Crippen molar-refractivity contribution in [3.8, 4) is 0 Å².